The van der Waals surface area contributed by atoms with Crippen molar-refractivity contribution in [3.63, 3.8) is 0 Å². The van der Waals surface area contributed by atoms with E-state index in [0.717, 1.165) is 9.88 Å². The molecule has 0 saturated carbocycles. The second-order valence-electron chi connectivity index (χ2n) is 5.65. The number of nitrogens with zero attached hydrogens (tertiary/aromatic N) is 2. The van der Waals surface area contributed by atoms with Gasteiger partial charge in [0.2, 0.25) is 11.8 Å². The standard InChI is InChI=1S/C15H23N3O2S/c1-6-15(7-2)14(20)18(10(4)12(19)17-15)11(5)13-16-8-9(3)21-13/h8,10-11H,6-7H2,1-5H3,(H,17,19). The number of nitrogens with one attached hydrogen (secondary N) is 1. The average molecular weight is 309 g/mol. The molecule has 6 heteroatoms. The smallest absolute Gasteiger partial charge is 0.249 e. The summed E-state index contributed by atoms with van der Waals surface area (Å²) in [5, 5.41) is 3.80. The monoisotopic (exact) mass is 309 g/mol. The van der Waals surface area contributed by atoms with Crippen molar-refractivity contribution in [2.45, 2.75) is 65.1 Å². The Hall–Kier alpha value is -1.43. The first-order valence-corrected chi connectivity index (χ1v) is 8.25. The molecule has 0 bridgehead atoms. The molecule has 1 aromatic rings. The van der Waals surface area contributed by atoms with Crippen LogP contribution >= 0.6 is 11.3 Å². The van der Waals surface area contributed by atoms with Crippen LogP contribution in [-0.2, 0) is 9.59 Å². The van der Waals surface area contributed by atoms with Gasteiger partial charge in [-0.05, 0) is 33.6 Å². The van der Waals surface area contributed by atoms with Gasteiger partial charge in [0.25, 0.3) is 0 Å². The van der Waals surface area contributed by atoms with E-state index in [9.17, 15) is 9.59 Å². The van der Waals surface area contributed by atoms with E-state index in [1.54, 1.807) is 23.2 Å². The van der Waals surface area contributed by atoms with Crippen LogP contribution in [0.2, 0.25) is 0 Å². The Bertz CT molecular complexity index is 551. The van der Waals surface area contributed by atoms with E-state index in [1.165, 1.54) is 0 Å². The topological polar surface area (TPSA) is 62.3 Å². The number of hydrogen-bond donors (Lipinski definition) is 1. The molecule has 0 aliphatic carbocycles. The number of rotatable bonds is 4. The van der Waals surface area contributed by atoms with Crippen LogP contribution < -0.4 is 5.32 Å². The number of carbonyl (C=O) groups is 2. The molecule has 21 heavy (non-hydrogen) atoms. The summed E-state index contributed by atoms with van der Waals surface area (Å²) in [6.07, 6.45) is 3.00. The van der Waals surface area contributed by atoms with Crippen molar-refractivity contribution < 1.29 is 9.59 Å². The number of hydrogen-bond acceptors (Lipinski definition) is 4. The minimum absolute atomic E-state index is 0.0000435. The molecule has 1 aliphatic heterocycles. The second-order valence-corrected chi connectivity index (χ2v) is 6.92. The van der Waals surface area contributed by atoms with E-state index in [1.807, 2.05) is 33.9 Å². The highest BCUT2D eigenvalue weighted by molar-refractivity contribution is 7.11. The van der Waals surface area contributed by atoms with Gasteiger partial charge in [0, 0.05) is 11.1 Å². The zero-order valence-corrected chi connectivity index (χ0v) is 14.1. The van der Waals surface area contributed by atoms with E-state index in [2.05, 4.69) is 10.3 Å². The summed E-state index contributed by atoms with van der Waals surface area (Å²) >= 11 is 1.57. The van der Waals surface area contributed by atoms with Gasteiger partial charge in [-0.2, -0.15) is 0 Å². The Kier molecular flexibility index (Phi) is 4.37. The normalized spacial score (nSPS) is 23.1. The van der Waals surface area contributed by atoms with Crippen molar-refractivity contribution in [1.82, 2.24) is 15.2 Å². The SMILES string of the molecule is CCC1(CC)NC(=O)C(C)N(C(C)c2ncc(C)s2)C1=O. The number of carbonyl (C=O) groups excluding carboxylic acids is 2. The largest absolute Gasteiger partial charge is 0.340 e. The van der Waals surface area contributed by atoms with Gasteiger partial charge in [0.1, 0.15) is 16.6 Å². The van der Waals surface area contributed by atoms with E-state index in [0.29, 0.717) is 12.8 Å². The van der Waals surface area contributed by atoms with Crippen LogP contribution in [0.1, 0.15) is 56.5 Å². The number of aryl methyl sites for hydroxylation is 1. The third kappa shape index (κ3) is 2.57. The van der Waals surface area contributed by atoms with Crippen LogP contribution in [0.25, 0.3) is 0 Å². The Morgan fingerprint density at radius 2 is 2.05 bits per heavy atom. The van der Waals surface area contributed by atoms with Gasteiger partial charge in [-0.25, -0.2) is 4.98 Å². The zero-order chi connectivity index (χ0) is 15.8. The van der Waals surface area contributed by atoms with Crippen LogP contribution in [0, 0.1) is 6.92 Å². The molecule has 2 heterocycles. The fourth-order valence-electron chi connectivity index (χ4n) is 2.87. The lowest BCUT2D eigenvalue weighted by atomic mass is 9.86. The maximum absolute atomic E-state index is 13.0. The zero-order valence-electron chi connectivity index (χ0n) is 13.3. The van der Waals surface area contributed by atoms with Gasteiger partial charge in [-0.15, -0.1) is 11.3 Å². The number of aromatic nitrogens is 1. The molecule has 2 rings (SSSR count). The molecule has 1 aromatic heterocycles. The first kappa shape index (κ1) is 15.9. The molecule has 0 radical (unpaired) electrons. The van der Waals surface area contributed by atoms with Gasteiger partial charge in [0.05, 0.1) is 6.04 Å². The minimum Gasteiger partial charge on any atom is -0.340 e. The summed E-state index contributed by atoms with van der Waals surface area (Å²) in [5.74, 6) is -0.0848. The molecular formula is C15H23N3O2S. The third-order valence-corrected chi connectivity index (χ3v) is 5.51. The number of piperazine rings is 1. The van der Waals surface area contributed by atoms with Crippen molar-refractivity contribution >= 4 is 23.2 Å². The fourth-order valence-corrected chi connectivity index (χ4v) is 3.69. The van der Waals surface area contributed by atoms with Gasteiger partial charge in [0.15, 0.2) is 0 Å². The van der Waals surface area contributed by atoms with E-state index in [-0.39, 0.29) is 17.9 Å². The molecule has 0 aromatic carbocycles. The predicted molar refractivity (Wildman–Crippen MR) is 83.0 cm³/mol. The van der Waals surface area contributed by atoms with Crippen molar-refractivity contribution in [1.29, 1.82) is 0 Å². The molecule has 2 atom stereocenters. The highest BCUT2D eigenvalue weighted by atomic mass is 32.1. The minimum atomic E-state index is -0.774. The third-order valence-electron chi connectivity index (χ3n) is 4.42. The molecule has 1 N–H and O–H groups in total. The molecule has 2 amide bonds. The summed E-state index contributed by atoms with van der Waals surface area (Å²) in [5.41, 5.74) is -0.774. The van der Waals surface area contributed by atoms with Crippen LogP contribution in [0.3, 0.4) is 0 Å². The van der Waals surface area contributed by atoms with E-state index in [4.69, 9.17) is 0 Å². The molecular weight excluding hydrogens is 286 g/mol. The maximum Gasteiger partial charge on any atom is 0.249 e. The van der Waals surface area contributed by atoms with Crippen molar-refractivity contribution in [2.24, 2.45) is 0 Å². The van der Waals surface area contributed by atoms with Crippen molar-refractivity contribution in [3.8, 4) is 0 Å². The summed E-state index contributed by atoms with van der Waals surface area (Å²) in [4.78, 5) is 32.5. The highest BCUT2D eigenvalue weighted by Crippen LogP contribution is 2.33. The summed E-state index contributed by atoms with van der Waals surface area (Å²) in [6, 6.07) is -0.655. The van der Waals surface area contributed by atoms with Gasteiger partial charge >= 0.3 is 0 Å². The molecule has 116 valence electrons. The molecule has 0 spiro atoms. The average Bonchev–Trinajstić information content (AvgIpc) is 2.90. The molecule has 1 saturated heterocycles. The first-order valence-electron chi connectivity index (χ1n) is 7.43. The Balaban J connectivity index is 2.39. The van der Waals surface area contributed by atoms with Crippen molar-refractivity contribution in [3.05, 3.63) is 16.1 Å². The highest BCUT2D eigenvalue weighted by Gasteiger charge is 2.49. The van der Waals surface area contributed by atoms with Gasteiger partial charge in [-0.1, -0.05) is 13.8 Å². The van der Waals surface area contributed by atoms with Gasteiger partial charge in [-0.3, -0.25) is 9.59 Å². The molecule has 1 fully saturated rings. The summed E-state index contributed by atoms with van der Waals surface area (Å²) in [7, 11) is 0. The first-order chi connectivity index (χ1) is 9.86. The van der Waals surface area contributed by atoms with Gasteiger partial charge < -0.3 is 10.2 Å². The van der Waals surface area contributed by atoms with Crippen LogP contribution in [0.5, 0.6) is 0 Å². The maximum atomic E-state index is 13.0. The van der Waals surface area contributed by atoms with E-state index >= 15 is 0 Å². The lowest BCUT2D eigenvalue weighted by Crippen LogP contribution is -2.69. The Morgan fingerprint density at radius 1 is 1.43 bits per heavy atom. The molecule has 5 nitrogen and oxygen atoms in total. The molecule has 1 aliphatic rings. The number of thiazole rings is 1. The lowest BCUT2D eigenvalue weighted by molar-refractivity contribution is -0.157. The van der Waals surface area contributed by atoms with Crippen LogP contribution in [0.4, 0.5) is 0 Å². The number of amides is 2. The van der Waals surface area contributed by atoms with Crippen molar-refractivity contribution in [2.75, 3.05) is 0 Å². The Labute approximate surface area is 129 Å². The fraction of sp³-hybridized carbons (Fsp3) is 0.667. The summed E-state index contributed by atoms with van der Waals surface area (Å²) in [6.45, 7) is 9.59. The lowest BCUT2D eigenvalue weighted by Gasteiger charge is -2.46. The Morgan fingerprint density at radius 3 is 2.52 bits per heavy atom. The molecule has 2 unspecified atom stereocenters. The van der Waals surface area contributed by atoms with E-state index < -0.39 is 11.6 Å². The van der Waals surface area contributed by atoms with Crippen LogP contribution in [0.15, 0.2) is 6.20 Å². The quantitative estimate of drug-likeness (QED) is 0.929. The summed E-state index contributed by atoms with van der Waals surface area (Å²) < 4.78 is 0. The van der Waals surface area contributed by atoms with Crippen LogP contribution in [-0.4, -0.2) is 33.3 Å². The predicted octanol–water partition coefficient (Wildman–Crippen LogP) is 2.42. The second kappa shape index (κ2) is 5.75.